The molecular formula is C11H16N4O. The van der Waals surface area contributed by atoms with Crippen molar-refractivity contribution in [3.8, 4) is 0 Å². The summed E-state index contributed by atoms with van der Waals surface area (Å²) in [5, 5.41) is 0. The van der Waals surface area contributed by atoms with Crippen LogP contribution in [0.5, 0.6) is 0 Å². The Morgan fingerprint density at radius 1 is 1.31 bits per heavy atom. The van der Waals surface area contributed by atoms with Gasteiger partial charge in [-0.3, -0.25) is 0 Å². The Morgan fingerprint density at radius 3 is 2.62 bits per heavy atom. The van der Waals surface area contributed by atoms with Gasteiger partial charge in [0.2, 0.25) is 5.95 Å². The first-order valence-electron chi connectivity index (χ1n) is 5.72. The standard InChI is InChI=1S/C11H16N4O/c1-7-4-10(14-11(12)13-7)15-5-8-2-3-9(6-15)16-8/h4,8-9H,2-3,5-6H2,1H3,(H2,12,13,14). The highest BCUT2D eigenvalue weighted by atomic mass is 16.5. The van der Waals surface area contributed by atoms with Gasteiger partial charge in [0.05, 0.1) is 12.2 Å². The van der Waals surface area contributed by atoms with E-state index in [4.69, 9.17) is 10.5 Å². The number of ether oxygens (including phenoxy) is 1. The van der Waals surface area contributed by atoms with Crippen molar-refractivity contribution in [2.24, 2.45) is 0 Å². The van der Waals surface area contributed by atoms with Gasteiger partial charge < -0.3 is 15.4 Å². The summed E-state index contributed by atoms with van der Waals surface area (Å²) in [6, 6.07) is 1.99. The average molecular weight is 220 g/mol. The number of anilines is 2. The maximum Gasteiger partial charge on any atom is 0.222 e. The van der Waals surface area contributed by atoms with Gasteiger partial charge in [-0.15, -0.1) is 0 Å². The van der Waals surface area contributed by atoms with Gasteiger partial charge in [-0.05, 0) is 19.8 Å². The number of nitrogens with two attached hydrogens (primary N) is 1. The second-order valence-corrected chi connectivity index (χ2v) is 4.59. The van der Waals surface area contributed by atoms with Crippen LogP contribution in [-0.4, -0.2) is 35.3 Å². The van der Waals surface area contributed by atoms with Crippen LogP contribution in [0.3, 0.4) is 0 Å². The van der Waals surface area contributed by atoms with Crippen LogP contribution in [0.15, 0.2) is 6.07 Å². The SMILES string of the molecule is Cc1cc(N2CC3CCC(C2)O3)nc(N)n1. The van der Waals surface area contributed by atoms with Gasteiger partial charge in [-0.25, -0.2) is 4.98 Å². The minimum Gasteiger partial charge on any atom is -0.371 e. The Kier molecular flexibility index (Phi) is 2.21. The van der Waals surface area contributed by atoms with E-state index in [0.29, 0.717) is 18.2 Å². The molecule has 3 heterocycles. The van der Waals surface area contributed by atoms with Gasteiger partial charge in [-0.1, -0.05) is 0 Å². The molecule has 1 aromatic heterocycles. The lowest BCUT2D eigenvalue weighted by Crippen LogP contribution is -2.43. The summed E-state index contributed by atoms with van der Waals surface area (Å²) < 4.78 is 5.79. The Hall–Kier alpha value is -1.36. The molecule has 2 N–H and O–H groups in total. The number of hydrogen-bond donors (Lipinski definition) is 1. The number of hydrogen-bond acceptors (Lipinski definition) is 5. The zero-order chi connectivity index (χ0) is 11.1. The first kappa shape index (κ1) is 9.84. The average Bonchev–Trinajstić information content (AvgIpc) is 2.56. The summed E-state index contributed by atoms with van der Waals surface area (Å²) >= 11 is 0. The number of fused-ring (bicyclic) bond motifs is 2. The molecule has 2 aliphatic rings. The summed E-state index contributed by atoms with van der Waals surface area (Å²) in [7, 11) is 0. The van der Waals surface area contributed by atoms with E-state index >= 15 is 0 Å². The third kappa shape index (κ3) is 1.71. The molecule has 2 fully saturated rings. The van der Waals surface area contributed by atoms with Crippen molar-refractivity contribution in [1.82, 2.24) is 9.97 Å². The lowest BCUT2D eigenvalue weighted by Gasteiger charge is -2.33. The van der Waals surface area contributed by atoms with Gasteiger partial charge in [-0.2, -0.15) is 4.98 Å². The van der Waals surface area contributed by atoms with E-state index in [1.165, 1.54) is 12.8 Å². The van der Waals surface area contributed by atoms with Crippen molar-refractivity contribution in [3.05, 3.63) is 11.8 Å². The minimum absolute atomic E-state index is 0.355. The maximum atomic E-state index is 5.79. The van der Waals surface area contributed by atoms with Crippen LogP contribution in [0.2, 0.25) is 0 Å². The normalized spacial score (nSPS) is 28.4. The molecule has 5 heteroatoms. The van der Waals surface area contributed by atoms with Crippen LogP contribution in [-0.2, 0) is 4.74 Å². The van der Waals surface area contributed by atoms with Crippen LogP contribution < -0.4 is 10.6 Å². The fraction of sp³-hybridized carbons (Fsp3) is 0.636. The molecule has 0 amide bonds. The molecule has 16 heavy (non-hydrogen) atoms. The molecule has 0 saturated carbocycles. The second kappa shape index (κ2) is 3.59. The minimum atomic E-state index is 0.355. The summed E-state index contributed by atoms with van der Waals surface area (Å²) in [6.45, 7) is 3.79. The van der Waals surface area contributed by atoms with E-state index in [2.05, 4.69) is 14.9 Å². The molecule has 86 valence electrons. The topological polar surface area (TPSA) is 64.3 Å². The number of nitrogens with zero attached hydrogens (tertiary/aromatic N) is 3. The zero-order valence-electron chi connectivity index (χ0n) is 9.39. The molecule has 3 rings (SSSR count). The van der Waals surface area contributed by atoms with Gasteiger partial charge >= 0.3 is 0 Å². The largest absolute Gasteiger partial charge is 0.371 e. The lowest BCUT2D eigenvalue weighted by atomic mass is 10.2. The molecule has 2 saturated heterocycles. The predicted octanol–water partition coefficient (Wildman–Crippen LogP) is 0.735. The van der Waals surface area contributed by atoms with Crippen molar-refractivity contribution >= 4 is 11.8 Å². The highest BCUT2D eigenvalue weighted by Gasteiger charge is 2.34. The molecular weight excluding hydrogens is 204 g/mol. The van der Waals surface area contributed by atoms with E-state index < -0.39 is 0 Å². The monoisotopic (exact) mass is 220 g/mol. The van der Waals surface area contributed by atoms with E-state index in [1.807, 2.05) is 13.0 Å². The molecule has 2 unspecified atom stereocenters. The Morgan fingerprint density at radius 2 is 2.00 bits per heavy atom. The summed E-state index contributed by atoms with van der Waals surface area (Å²) in [5.41, 5.74) is 6.59. The summed E-state index contributed by atoms with van der Waals surface area (Å²) in [6.07, 6.45) is 3.08. The highest BCUT2D eigenvalue weighted by Crippen LogP contribution is 2.29. The van der Waals surface area contributed by atoms with Crippen molar-refractivity contribution in [2.45, 2.75) is 32.0 Å². The van der Waals surface area contributed by atoms with Crippen LogP contribution in [0.25, 0.3) is 0 Å². The van der Waals surface area contributed by atoms with Gasteiger partial charge in [0.1, 0.15) is 5.82 Å². The molecule has 2 atom stereocenters. The Bertz CT molecular complexity index is 377. The Balaban J connectivity index is 1.86. The first-order chi connectivity index (χ1) is 7.70. The van der Waals surface area contributed by atoms with E-state index in [-0.39, 0.29) is 0 Å². The molecule has 0 spiro atoms. The molecule has 1 aromatic rings. The summed E-state index contributed by atoms with van der Waals surface area (Å²) in [5.74, 6) is 1.29. The maximum absolute atomic E-state index is 5.79. The molecule has 0 aliphatic carbocycles. The van der Waals surface area contributed by atoms with Crippen molar-refractivity contribution < 1.29 is 4.74 Å². The van der Waals surface area contributed by atoms with Gasteiger partial charge in [0.15, 0.2) is 0 Å². The number of aryl methyl sites for hydroxylation is 1. The van der Waals surface area contributed by atoms with Crippen LogP contribution in [0.4, 0.5) is 11.8 Å². The Labute approximate surface area is 94.6 Å². The third-order valence-electron chi connectivity index (χ3n) is 3.23. The lowest BCUT2D eigenvalue weighted by molar-refractivity contribution is 0.0302. The fourth-order valence-corrected chi connectivity index (χ4v) is 2.54. The predicted molar refractivity (Wildman–Crippen MR) is 61.3 cm³/mol. The number of morpholine rings is 1. The van der Waals surface area contributed by atoms with Crippen molar-refractivity contribution in [3.63, 3.8) is 0 Å². The number of rotatable bonds is 1. The van der Waals surface area contributed by atoms with E-state index in [9.17, 15) is 0 Å². The van der Waals surface area contributed by atoms with Crippen LogP contribution in [0.1, 0.15) is 18.5 Å². The highest BCUT2D eigenvalue weighted by molar-refractivity contribution is 5.44. The van der Waals surface area contributed by atoms with Crippen LogP contribution in [0, 0.1) is 6.92 Å². The first-order valence-corrected chi connectivity index (χ1v) is 5.72. The molecule has 2 aliphatic heterocycles. The summed E-state index contributed by atoms with van der Waals surface area (Å²) in [4.78, 5) is 10.6. The zero-order valence-corrected chi connectivity index (χ0v) is 9.39. The van der Waals surface area contributed by atoms with E-state index in [1.54, 1.807) is 0 Å². The third-order valence-corrected chi connectivity index (χ3v) is 3.23. The van der Waals surface area contributed by atoms with Crippen LogP contribution >= 0.6 is 0 Å². The number of nitrogen functional groups attached to an aromatic ring is 1. The van der Waals surface area contributed by atoms with Crippen molar-refractivity contribution in [1.29, 1.82) is 0 Å². The molecule has 2 bridgehead atoms. The molecule has 5 nitrogen and oxygen atoms in total. The van der Waals surface area contributed by atoms with Crippen molar-refractivity contribution in [2.75, 3.05) is 23.7 Å². The molecule has 0 aromatic carbocycles. The fourth-order valence-electron chi connectivity index (χ4n) is 2.54. The van der Waals surface area contributed by atoms with Gasteiger partial charge in [0.25, 0.3) is 0 Å². The second-order valence-electron chi connectivity index (χ2n) is 4.59. The smallest absolute Gasteiger partial charge is 0.222 e. The van der Waals surface area contributed by atoms with Gasteiger partial charge in [0, 0.05) is 24.8 Å². The quantitative estimate of drug-likeness (QED) is 0.756. The molecule has 0 radical (unpaired) electrons. The number of aromatic nitrogens is 2. The van der Waals surface area contributed by atoms with E-state index in [0.717, 1.165) is 24.6 Å².